The molecule has 2 amide bonds. The summed E-state index contributed by atoms with van der Waals surface area (Å²) in [4.78, 5) is 25.1. The fourth-order valence-electron chi connectivity index (χ4n) is 3.62. The smallest absolute Gasteiger partial charge is 0.287 e. The van der Waals surface area contributed by atoms with E-state index in [9.17, 15) is 9.59 Å². The number of amides is 2. The molecule has 0 bridgehead atoms. The largest absolute Gasteiger partial charge is 0.494 e. The number of rotatable bonds is 10. The SMILES string of the molecule is COCc1c(C(=O)NCCCOc2ccc(C(=O)Nc3ccccc3N)cc2)oc2ccccc12. The van der Waals surface area contributed by atoms with E-state index in [1.807, 2.05) is 24.3 Å². The van der Waals surface area contributed by atoms with Crippen molar-refractivity contribution >= 4 is 34.2 Å². The van der Waals surface area contributed by atoms with Gasteiger partial charge in [0.2, 0.25) is 0 Å². The fraction of sp³-hybridized carbons (Fsp3) is 0.185. The number of carbonyl (C=O) groups is 2. The molecule has 0 atom stereocenters. The minimum absolute atomic E-state index is 0.254. The summed E-state index contributed by atoms with van der Waals surface area (Å²) < 4.78 is 16.7. The number of nitrogens with two attached hydrogens (primary N) is 1. The van der Waals surface area contributed by atoms with Crippen molar-refractivity contribution in [2.45, 2.75) is 13.0 Å². The third kappa shape index (κ3) is 5.80. The van der Waals surface area contributed by atoms with E-state index in [1.54, 1.807) is 55.6 Å². The third-order valence-corrected chi connectivity index (χ3v) is 5.39. The number of ether oxygens (including phenoxy) is 2. The second-order valence-corrected chi connectivity index (χ2v) is 7.86. The zero-order valence-corrected chi connectivity index (χ0v) is 19.4. The van der Waals surface area contributed by atoms with Gasteiger partial charge in [0, 0.05) is 30.2 Å². The van der Waals surface area contributed by atoms with Gasteiger partial charge in [-0.1, -0.05) is 30.3 Å². The first-order valence-corrected chi connectivity index (χ1v) is 11.2. The van der Waals surface area contributed by atoms with Crippen molar-refractivity contribution in [3.05, 3.63) is 89.7 Å². The van der Waals surface area contributed by atoms with Gasteiger partial charge in [-0.15, -0.1) is 0 Å². The maximum Gasteiger partial charge on any atom is 0.287 e. The molecule has 180 valence electrons. The third-order valence-electron chi connectivity index (χ3n) is 5.39. The standard InChI is InChI=1S/C27H27N3O5/c1-33-17-21-20-7-2-5-10-24(20)35-25(21)27(32)29-15-6-16-34-19-13-11-18(12-14-19)26(31)30-23-9-4-3-8-22(23)28/h2-5,7-14H,6,15-17,28H2,1H3,(H,29,32)(H,30,31). The van der Waals surface area contributed by atoms with Crippen LogP contribution in [0.1, 0.15) is 32.9 Å². The van der Waals surface area contributed by atoms with Crippen LogP contribution in [0.25, 0.3) is 11.0 Å². The molecule has 4 N–H and O–H groups in total. The molecule has 0 radical (unpaired) electrons. The first kappa shape index (κ1) is 23.8. The minimum Gasteiger partial charge on any atom is -0.494 e. The lowest BCUT2D eigenvalue weighted by Crippen LogP contribution is -2.26. The second kappa shape index (κ2) is 11.2. The molecule has 3 aromatic carbocycles. The fourth-order valence-corrected chi connectivity index (χ4v) is 3.62. The average Bonchev–Trinajstić information content (AvgIpc) is 3.24. The Hall–Kier alpha value is -4.30. The molecular formula is C27H27N3O5. The van der Waals surface area contributed by atoms with Crippen LogP contribution in [0.2, 0.25) is 0 Å². The molecular weight excluding hydrogens is 446 g/mol. The van der Waals surface area contributed by atoms with Crippen molar-refractivity contribution in [1.82, 2.24) is 5.32 Å². The summed E-state index contributed by atoms with van der Waals surface area (Å²) in [6.45, 7) is 1.11. The number of fused-ring (bicyclic) bond motifs is 1. The van der Waals surface area contributed by atoms with Crippen LogP contribution in [0.15, 0.2) is 77.2 Å². The molecule has 1 heterocycles. The number of nitrogens with one attached hydrogen (secondary N) is 2. The number of furan rings is 1. The van der Waals surface area contributed by atoms with Crippen molar-refractivity contribution in [2.75, 3.05) is 31.3 Å². The zero-order valence-electron chi connectivity index (χ0n) is 19.4. The Kier molecular flexibility index (Phi) is 7.64. The van der Waals surface area contributed by atoms with Crippen LogP contribution in [0.4, 0.5) is 11.4 Å². The minimum atomic E-state index is -0.289. The molecule has 8 nitrogen and oxygen atoms in total. The normalized spacial score (nSPS) is 10.8. The summed E-state index contributed by atoms with van der Waals surface area (Å²) in [6.07, 6.45) is 0.598. The number of anilines is 2. The number of para-hydroxylation sites is 3. The number of hydrogen-bond acceptors (Lipinski definition) is 6. The number of carbonyl (C=O) groups excluding carboxylic acids is 2. The number of benzene rings is 3. The monoisotopic (exact) mass is 473 g/mol. The van der Waals surface area contributed by atoms with Gasteiger partial charge in [-0.3, -0.25) is 9.59 Å². The molecule has 0 saturated heterocycles. The van der Waals surface area contributed by atoms with Gasteiger partial charge >= 0.3 is 0 Å². The lowest BCUT2D eigenvalue weighted by atomic mass is 10.1. The molecule has 0 spiro atoms. The lowest BCUT2D eigenvalue weighted by Gasteiger charge is -2.10. The molecule has 8 heteroatoms. The molecule has 0 saturated carbocycles. The van der Waals surface area contributed by atoms with E-state index in [1.165, 1.54) is 0 Å². The van der Waals surface area contributed by atoms with E-state index < -0.39 is 0 Å². The van der Waals surface area contributed by atoms with E-state index in [0.717, 1.165) is 10.9 Å². The summed E-state index contributed by atoms with van der Waals surface area (Å²) in [6, 6.07) is 21.4. The highest BCUT2D eigenvalue weighted by Crippen LogP contribution is 2.26. The zero-order chi connectivity index (χ0) is 24.6. The molecule has 0 unspecified atom stereocenters. The summed E-state index contributed by atoms with van der Waals surface area (Å²) in [7, 11) is 1.58. The highest BCUT2D eigenvalue weighted by atomic mass is 16.5. The van der Waals surface area contributed by atoms with Crippen LogP contribution in [-0.2, 0) is 11.3 Å². The topological polar surface area (TPSA) is 116 Å². The van der Waals surface area contributed by atoms with Gasteiger partial charge in [0.25, 0.3) is 11.8 Å². The van der Waals surface area contributed by atoms with Crippen molar-refractivity contribution in [1.29, 1.82) is 0 Å². The van der Waals surface area contributed by atoms with Gasteiger partial charge in [-0.05, 0) is 48.9 Å². The Morgan fingerprint density at radius 3 is 2.46 bits per heavy atom. The Morgan fingerprint density at radius 2 is 1.69 bits per heavy atom. The number of hydrogen-bond donors (Lipinski definition) is 3. The maximum atomic E-state index is 12.6. The van der Waals surface area contributed by atoms with E-state index in [4.69, 9.17) is 19.6 Å². The van der Waals surface area contributed by atoms with Crippen molar-refractivity contribution in [3.63, 3.8) is 0 Å². The summed E-state index contributed by atoms with van der Waals surface area (Å²) in [5, 5.41) is 6.52. The van der Waals surface area contributed by atoms with E-state index in [2.05, 4.69) is 10.6 Å². The highest BCUT2D eigenvalue weighted by Gasteiger charge is 2.20. The number of nitrogen functional groups attached to an aromatic ring is 1. The van der Waals surface area contributed by atoms with Gasteiger partial charge < -0.3 is 30.3 Å². The van der Waals surface area contributed by atoms with Crippen LogP contribution >= 0.6 is 0 Å². The Bertz CT molecular complexity index is 1310. The molecule has 4 aromatic rings. The first-order chi connectivity index (χ1) is 17.1. The molecule has 35 heavy (non-hydrogen) atoms. The maximum absolute atomic E-state index is 12.6. The van der Waals surface area contributed by atoms with Crippen molar-refractivity contribution in [2.24, 2.45) is 0 Å². The van der Waals surface area contributed by atoms with Gasteiger partial charge in [0.1, 0.15) is 11.3 Å². The summed E-state index contributed by atoms with van der Waals surface area (Å²) in [5.41, 5.74) is 8.81. The van der Waals surface area contributed by atoms with E-state index >= 15 is 0 Å². The first-order valence-electron chi connectivity index (χ1n) is 11.2. The van der Waals surface area contributed by atoms with E-state index in [-0.39, 0.29) is 24.2 Å². The summed E-state index contributed by atoms with van der Waals surface area (Å²) >= 11 is 0. The van der Waals surface area contributed by atoms with Gasteiger partial charge in [0.05, 0.1) is 24.6 Å². The van der Waals surface area contributed by atoms with Crippen molar-refractivity contribution < 1.29 is 23.5 Å². The average molecular weight is 474 g/mol. The highest BCUT2D eigenvalue weighted by molar-refractivity contribution is 6.05. The van der Waals surface area contributed by atoms with Crippen LogP contribution < -0.4 is 21.1 Å². The van der Waals surface area contributed by atoms with E-state index in [0.29, 0.717) is 47.8 Å². The molecule has 0 aliphatic rings. The molecule has 0 fully saturated rings. The molecule has 4 rings (SSSR count). The Morgan fingerprint density at radius 1 is 0.943 bits per heavy atom. The Labute approximate surface area is 203 Å². The quantitative estimate of drug-likeness (QED) is 0.229. The molecule has 0 aliphatic heterocycles. The predicted molar refractivity (Wildman–Crippen MR) is 135 cm³/mol. The lowest BCUT2D eigenvalue weighted by molar-refractivity contribution is 0.0919. The van der Waals surface area contributed by atoms with Gasteiger partial charge in [0.15, 0.2) is 5.76 Å². The van der Waals surface area contributed by atoms with Crippen LogP contribution in [0.5, 0.6) is 5.75 Å². The van der Waals surface area contributed by atoms with Gasteiger partial charge in [-0.25, -0.2) is 0 Å². The van der Waals surface area contributed by atoms with Crippen molar-refractivity contribution in [3.8, 4) is 5.75 Å². The van der Waals surface area contributed by atoms with Crippen LogP contribution in [0, 0.1) is 0 Å². The van der Waals surface area contributed by atoms with Crippen LogP contribution in [0.3, 0.4) is 0 Å². The van der Waals surface area contributed by atoms with Gasteiger partial charge in [-0.2, -0.15) is 0 Å². The number of methoxy groups -OCH3 is 1. The molecule has 0 aliphatic carbocycles. The second-order valence-electron chi connectivity index (χ2n) is 7.86. The summed E-state index contributed by atoms with van der Waals surface area (Å²) in [5.74, 6) is 0.352. The predicted octanol–water partition coefficient (Wildman–Crippen LogP) is 4.61. The molecule has 1 aromatic heterocycles. The van der Waals surface area contributed by atoms with Crippen LogP contribution in [-0.4, -0.2) is 32.1 Å². The Balaban J connectivity index is 1.24.